The van der Waals surface area contributed by atoms with Gasteiger partial charge in [0.1, 0.15) is 5.75 Å². The first-order valence-corrected chi connectivity index (χ1v) is 12.1. The highest BCUT2D eigenvalue weighted by molar-refractivity contribution is 5.73. The molecule has 176 valence electrons. The minimum Gasteiger partial charge on any atom is -0.497 e. The average molecular weight is 464 g/mol. The summed E-state index contributed by atoms with van der Waals surface area (Å²) in [7, 11) is 1.69. The molecule has 1 aromatic heterocycles. The Balaban J connectivity index is 1.39. The molecule has 0 atom stereocenters. The number of piperidine rings is 1. The zero-order valence-corrected chi connectivity index (χ0v) is 19.9. The number of methoxy groups -OCH3 is 1. The largest absolute Gasteiger partial charge is 0.497 e. The topological polar surface area (TPSA) is 74.1 Å². The summed E-state index contributed by atoms with van der Waals surface area (Å²) in [4.78, 5) is 12.4. The zero-order chi connectivity index (χ0) is 24.0. The number of dihydropyridines is 1. The minimum absolute atomic E-state index is 0.362. The van der Waals surface area contributed by atoms with Crippen LogP contribution in [-0.2, 0) is 6.54 Å². The fraction of sp³-hybridized carbons (Fsp3) is 0.276. The Kier molecular flexibility index (Phi) is 6.87. The van der Waals surface area contributed by atoms with Crippen LogP contribution in [0, 0.1) is 11.3 Å². The quantitative estimate of drug-likeness (QED) is 0.560. The maximum Gasteiger partial charge on any atom is 0.159 e. The summed E-state index contributed by atoms with van der Waals surface area (Å²) in [5, 5.41) is 12.2. The van der Waals surface area contributed by atoms with Crippen molar-refractivity contribution in [3.8, 4) is 22.9 Å². The van der Waals surface area contributed by atoms with Gasteiger partial charge < -0.3 is 10.1 Å². The number of hydrogen-bond donors (Lipinski definition) is 1. The molecule has 3 aromatic rings. The van der Waals surface area contributed by atoms with Gasteiger partial charge in [-0.15, -0.1) is 0 Å². The molecule has 2 aliphatic heterocycles. The number of nitrogens with zero attached hydrogens (tertiary/aromatic N) is 4. The highest BCUT2D eigenvalue weighted by Gasteiger charge is 2.25. The van der Waals surface area contributed by atoms with Gasteiger partial charge in [0.05, 0.1) is 24.4 Å². The Morgan fingerprint density at radius 1 is 1.14 bits per heavy atom. The predicted molar refractivity (Wildman–Crippen MR) is 138 cm³/mol. The molecule has 1 N–H and O–H groups in total. The van der Waals surface area contributed by atoms with Gasteiger partial charge in [0.15, 0.2) is 5.82 Å². The smallest absolute Gasteiger partial charge is 0.159 e. The van der Waals surface area contributed by atoms with Crippen molar-refractivity contribution in [2.75, 3.05) is 26.7 Å². The first-order chi connectivity index (χ1) is 17.2. The molecule has 1 saturated heterocycles. The van der Waals surface area contributed by atoms with Gasteiger partial charge in [-0.3, -0.25) is 4.90 Å². The minimum atomic E-state index is 0.362. The van der Waals surface area contributed by atoms with E-state index in [0.717, 1.165) is 73.0 Å². The molecule has 0 unspecified atom stereocenters. The number of rotatable bonds is 6. The van der Waals surface area contributed by atoms with E-state index in [9.17, 15) is 0 Å². The van der Waals surface area contributed by atoms with E-state index in [1.807, 2.05) is 42.7 Å². The van der Waals surface area contributed by atoms with Gasteiger partial charge in [-0.05, 0) is 73.6 Å². The van der Waals surface area contributed by atoms with Crippen LogP contribution in [0.2, 0.25) is 0 Å². The van der Waals surface area contributed by atoms with E-state index in [2.05, 4.69) is 46.6 Å². The van der Waals surface area contributed by atoms with Gasteiger partial charge in [-0.2, -0.15) is 5.26 Å². The lowest BCUT2D eigenvalue weighted by Gasteiger charge is -2.32. The standard InChI is InChI=1S/C29H29N5O/c1-35-26-4-2-3-25(17-26)27-19-32-29(24-9-13-31-14-10-24)33-28(27)23-11-15-34(16-12-23)20-22-7-5-21(18-30)6-8-22/h2-10,13,17,19,23,31H,11-12,14-16,20H2,1H3. The fourth-order valence-corrected chi connectivity index (χ4v) is 4.79. The van der Waals surface area contributed by atoms with E-state index in [1.165, 1.54) is 5.56 Å². The van der Waals surface area contributed by atoms with Gasteiger partial charge in [0.25, 0.3) is 0 Å². The average Bonchev–Trinajstić information content (AvgIpc) is 2.94. The maximum atomic E-state index is 9.04. The molecule has 5 rings (SSSR count). The first kappa shape index (κ1) is 22.8. The maximum absolute atomic E-state index is 9.04. The normalized spacial score (nSPS) is 16.3. The number of allylic oxidation sites excluding steroid dienone is 2. The van der Waals surface area contributed by atoms with Crippen LogP contribution < -0.4 is 10.1 Å². The van der Waals surface area contributed by atoms with Crippen molar-refractivity contribution in [1.82, 2.24) is 20.2 Å². The van der Waals surface area contributed by atoms with E-state index in [0.29, 0.717) is 11.5 Å². The molecule has 0 bridgehead atoms. The number of hydrogen-bond acceptors (Lipinski definition) is 6. The second-order valence-electron chi connectivity index (χ2n) is 8.98. The van der Waals surface area contributed by atoms with Crippen LogP contribution in [-0.4, -0.2) is 41.6 Å². The summed E-state index contributed by atoms with van der Waals surface area (Å²) in [6.07, 6.45) is 10.2. The van der Waals surface area contributed by atoms with Crippen LogP contribution in [0.1, 0.15) is 41.4 Å². The second-order valence-corrected chi connectivity index (χ2v) is 8.98. The van der Waals surface area contributed by atoms with Crippen LogP contribution in [0.4, 0.5) is 0 Å². The summed E-state index contributed by atoms with van der Waals surface area (Å²) in [6.45, 7) is 3.71. The van der Waals surface area contributed by atoms with Crippen LogP contribution in [0.5, 0.6) is 5.75 Å². The monoisotopic (exact) mass is 463 g/mol. The molecule has 0 amide bonds. The summed E-state index contributed by atoms with van der Waals surface area (Å²) >= 11 is 0. The van der Waals surface area contributed by atoms with Gasteiger partial charge >= 0.3 is 0 Å². The fourth-order valence-electron chi connectivity index (χ4n) is 4.79. The third-order valence-electron chi connectivity index (χ3n) is 6.74. The lowest BCUT2D eigenvalue weighted by Crippen LogP contribution is -2.33. The molecule has 1 fully saturated rings. The van der Waals surface area contributed by atoms with E-state index < -0.39 is 0 Å². The van der Waals surface area contributed by atoms with Gasteiger partial charge in [0, 0.05) is 36.3 Å². The highest BCUT2D eigenvalue weighted by Crippen LogP contribution is 2.36. The van der Waals surface area contributed by atoms with E-state index in [1.54, 1.807) is 7.11 Å². The van der Waals surface area contributed by atoms with Crippen molar-refractivity contribution in [3.63, 3.8) is 0 Å². The molecule has 0 saturated carbocycles. The van der Waals surface area contributed by atoms with E-state index in [-0.39, 0.29) is 0 Å². The van der Waals surface area contributed by atoms with Crippen molar-refractivity contribution in [2.45, 2.75) is 25.3 Å². The summed E-state index contributed by atoms with van der Waals surface area (Å²) in [5.41, 5.74) is 6.29. The molecule has 0 radical (unpaired) electrons. The molecule has 0 aliphatic carbocycles. The third-order valence-corrected chi connectivity index (χ3v) is 6.74. The van der Waals surface area contributed by atoms with Gasteiger partial charge in [-0.1, -0.05) is 30.3 Å². The van der Waals surface area contributed by atoms with Crippen molar-refractivity contribution in [1.29, 1.82) is 5.26 Å². The van der Waals surface area contributed by atoms with E-state index in [4.69, 9.17) is 20.0 Å². The van der Waals surface area contributed by atoms with Crippen molar-refractivity contribution in [3.05, 3.63) is 95.7 Å². The van der Waals surface area contributed by atoms with Gasteiger partial charge in [0.2, 0.25) is 0 Å². The summed E-state index contributed by atoms with van der Waals surface area (Å²) < 4.78 is 5.48. The number of nitriles is 1. The van der Waals surface area contributed by atoms with Crippen LogP contribution in [0.3, 0.4) is 0 Å². The Hall–Kier alpha value is -3.95. The predicted octanol–water partition coefficient (Wildman–Crippen LogP) is 4.90. The summed E-state index contributed by atoms with van der Waals surface area (Å²) in [6, 6.07) is 18.2. The third kappa shape index (κ3) is 5.26. The Bertz CT molecular complexity index is 1280. The number of aromatic nitrogens is 2. The molecule has 6 nitrogen and oxygen atoms in total. The summed E-state index contributed by atoms with van der Waals surface area (Å²) in [5.74, 6) is 1.98. The molecule has 0 spiro atoms. The van der Waals surface area contributed by atoms with Crippen molar-refractivity contribution in [2.24, 2.45) is 0 Å². The van der Waals surface area contributed by atoms with Crippen molar-refractivity contribution >= 4 is 5.57 Å². The van der Waals surface area contributed by atoms with Crippen LogP contribution >= 0.6 is 0 Å². The van der Waals surface area contributed by atoms with Crippen molar-refractivity contribution < 1.29 is 4.74 Å². The number of benzene rings is 2. The number of ether oxygens (including phenoxy) is 1. The van der Waals surface area contributed by atoms with Crippen LogP contribution in [0.15, 0.2) is 73.1 Å². The Morgan fingerprint density at radius 3 is 2.69 bits per heavy atom. The van der Waals surface area contributed by atoms with Gasteiger partial charge in [-0.25, -0.2) is 9.97 Å². The Labute approximate surface area is 206 Å². The molecular formula is C29H29N5O. The second kappa shape index (κ2) is 10.5. The zero-order valence-electron chi connectivity index (χ0n) is 19.9. The number of likely N-dealkylation sites (tertiary alicyclic amines) is 1. The van der Waals surface area contributed by atoms with Crippen LogP contribution in [0.25, 0.3) is 16.7 Å². The molecule has 6 heteroatoms. The number of nitrogens with one attached hydrogen (secondary N) is 1. The highest BCUT2D eigenvalue weighted by atomic mass is 16.5. The Morgan fingerprint density at radius 2 is 1.97 bits per heavy atom. The molecule has 3 heterocycles. The molecule has 2 aromatic carbocycles. The molecule has 35 heavy (non-hydrogen) atoms. The molecular weight excluding hydrogens is 434 g/mol. The lowest BCUT2D eigenvalue weighted by molar-refractivity contribution is 0.203. The molecule has 2 aliphatic rings. The SMILES string of the molecule is COc1cccc(-c2cnc(C3=CCNC=C3)nc2C2CCN(Cc3ccc(C#N)cc3)CC2)c1. The van der Waals surface area contributed by atoms with E-state index >= 15 is 0 Å². The first-order valence-electron chi connectivity index (χ1n) is 12.1. The lowest BCUT2D eigenvalue weighted by atomic mass is 9.88.